The van der Waals surface area contributed by atoms with Gasteiger partial charge in [0.2, 0.25) is 0 Å². The van der Waals surface area contributed by atoms with Gasteiger partial charge < -0.3 is 4.90 Å². The van der Waals surface area contributed by atoms with Crippen molar-refractivity contribution < 1.29 is 0 Å². The molecule has 2 aromatic rings. The van der Waals surface area contributed by atoms with Crippen LogP contribution in [0.1, 0.15) is 5.82 Å². The lowest BCUT2D eigenvalue weighted by Crippen LogP contribution is -2.42. The molecule has 1 aromatic heterocycles. The van der Waals surface area contributed by atoms with Crippen LogP contribution in [0.25, 0.3) is 10.9 Å². The van der Waals surface area contributed by atoms with Crippen LogP contribution in [0.15, 0.2) is 34.1 Å². The topological polar surface area (TPSA) is 50.5 Å². The Bertz CT molecular complexity index is 707. The zero-order valence-electron chi connectivity index (χ0n) is 10.8. The van der Waals surface area contributed by atoms with Crippen molar-refractivity contribution >= 4 is 29.1 Å². The van der Waals surface area contributed by atoms with Crippen molar-refractivity contribution in [1.82, 2.24) is 14.5 Å². The first-order valence-corrected chi connectivity index (χ1v) is 5.86. The molecule has 19 heavy (non-hydrogen) atoms. The van der Waals surface area contributed by atoms with Gasteiger partial charge in [0, 0.05) is 14.1 Å². The van der Waals surface area contributed by atoms with Crippen LogP contribution in [-0.4, -0.2) is 34.4 Å². The summed E-state index contributed by atoms with van der Waals surface area (Å²) >= 11 is 0. The zero-order chi connectivity index (χ0) is 12.7. The SMILES string of the molecule is CN=C1Cn2c(nc3ccccc3c2=O)CN1C.Cl. The summed E-state index contributed by atoms with van der Waals surface area (Å²) < 4.78 is 1.71. The molecule has 0 unspecified atom stereocenters. The van der Waals surface area contributed by atoms with E-state index in [1.807, 2.05) is 36.2 Å². The molecule has 2 heterocycles. The van der Waals surface area contributed by atoms with Gasteiger partial charge in [-0.3, -0.25) is 14.4 Å². The second kappa shape index (κ2) is 5.01. The fraction of sp³-hybridized carbons (Fsp3) is 0.308. The van der Waals surface area contributed by atoms with E-state index in [0.717, 1.165) is 17.2 Å². The van der Waals surface area contributed by atoms with E-state index in [4.69, 9.17) is 0 Å². The molecule has 0 aliphatic carbocycles. The maximum atomic E-state index is 12.4. The number of hydrogen-bond donors (Lipinski definition) is 0. The molecule has 0 saturated heterocycles. The van der Waals surface area contributed by atoms with E-state index in [1.165, 1.54) is 0 Å². The monoisotopic (exact) mass is 278 g/mol. The van der Waals surface area contributed by atoms with Gasteiger partial charge in [-0.15, -0.1) is 12.4 Å². The molecule has 0 saturated carbocycles. The number of para-hydroxylation sites is 1. The number of aromatic nitrogens is 2. The summed E-state index contributed by atoms with van der Waals surface area (Å²) in [5.41, 5.74) is 0.781. The molecule has 1 aliphatic rings. The second-order valence-electron chi connectivity index (χ2n) is 4.43. The molecule has 1 aromatic carbocycles. The van der Waals surface area contributed by atoms with Crippen LogP contribution in [0.5, 0.6) is 0 Å². The van der Waals surface area contributed by atoms with Gasteiger partial charge in [-0.05, 0) is 12.1 Å². The van der Waals surface area contributed by atoms with E-state index in [-0.39, 0.29) is 18.0 Å². The van der Waals surface area contributed by atoms with Crippen LogP contribution in [0.4, 0.5) is 0 Å². The van der Waals surface area contributed by atoms with Crippen molar-refractivity contribution in [2.75, 3.05) is 14.1 Å². The number of hydrogen-bond acceptors (Lipinski definition) is 3. The first-order valence-electron chi connectivity index (χ1n) is 5.86. The van der Waals surface area contributed by atoms with Crippen LogP contribution in [-0.2, 0) is 13.1 Å². The van der Waals surface area contributed by atoms with Crippen molar-refractivity contribution in [3.05, 3.63) is 40.4 Å². The average Bonchev–Trinajstić information content (AvgIpc) is 2.38. The predicted molar refractivity (Wildman–Crippen MR) is 78.1 cm³/mol. The number of nitrogens with zero attached hydrogens (tertiary/aromatic N) is 4. The van der Waals surface area contributed by atoms with E-state index in [0.29, 0.717) is 18.5 Å². The summed E-state index contributed by atoms with van der Waals surface area (Å²) in [6.45, 7) is 1.12. The molecule has 6 heteroatoms. The number of likely N-dealkylation sites (N-methyl/N-ethyl adjacent to an activating group) is 1. The Hall–Kier alpha value is -1.88. The van der Waals surface area contributed by atoms with Crippen molar-refractivity contribution in [2.45, 2.75) is 13.1 Å². The number of amidine groups is 1. The fourth-order valence-corrected chi connectivity index (χ4v) is 2.30. The molecule has 0 N–H and O–H groups in total. The third kappa shape index (κ3) is 2.10. The number of aliphatic imine (C=N–C) groups is 1. The smallest absolute Gasteiger partial charge is 0.261 e. The molecule has 0 fully saturated rings. The summed E-state index contributed by atoms with van der Waals surface area (Å²) in [5, 5.41) is 0.668. The third-order valence-corrected chi connectivity index (χ3v) is 3.32. The first kappa shape index (κ1) is 13.5. The van der Waals surface area contributed by atoms with Gasteiger partial charge in [0.15, 0.2) is 0 Å². The van der Waals surface area contributed by atoms with E-state index in [9.17, 15) is 4.79 Å². The first-order chi connectivity index (χ1) is 8.70. The highest BCUT2D eigenvalue weighted by Gasteiger charge is 2.21. The van der Waals surface area contributed by atoms with Gasteiger partial charge in [0.25, 0.3) is 5.56 Å². The number of benzene rings is 1. The lowest BCUT2D eigenvalue weighted by Gasteiger charge is -2.28. The summed E-state index contributed by atoms with van der Waals surface area (Å²) in [6, 6.07) is 7.46. The highest BCUT2D eigenvalue weighted by molar-refractivity contribution is 5.85. The molecular formula is C13H15ClN4O. The second-order valence-corrected chi connectivity index (χ2v) is 4.43. The Labute approximate surface area is 117 Å². The van der Waals surface area contributed by atoms with E-state index < -0.39 is 0 Å². The lowest BCUT2D eigenvalue weighted by molar-refractivity contribution is 0.415. The van der Waals surface area contributed by atoms with Gasteiger partial charge in [0.1, 0.15) is 11.7 Å². The minimum Gasteiger partial charge on any atom is -0.354 e. The highest BCUT2D eigenvalue weighted by atomic mass is 35.5. The molecule has 0 radical (unpaired) electrons. The Morgan fingerprint density at radius 3 is 2.74 bits per heavy atom. The largest absolute Gasteiger partial charge is 0.354 e. The van der Waals surface area contributed by atoms with Crippen LogP contribution >= 0.6 is 12.4 Å². The Balaban J connectivity index is 0.00000133. The van der Waals surface area contributed by atoms with Crippen LogP contribution in [0.2, 0.25) is 0 Å². The molecule has 1 aliphatic heterocycles. The van der Waals surface area contributed by atoms with Crippen molar-refractivity contribution in [3.63, 3.8) is 0 Å². The van der Waals surface area contributed by atoms with E-state index in [2.05, 4.69) is 9.98 Å². The van der Waals surface area contributed by atoms with Gasteiger partial charge in [-0.1, -0.05) is 12.1 Å². The van der Waals surface area contributed by atoms with Gasteiger partial charge in [-0.2, -0.15) is 0 Å². The predicted octanol–water partition coefficient (Wildman–Crippen LogP) is 1.29. The van der Waals surface area contributed by atoms with Crippen LogP contribution in [0, 0.1) is 0 Å². The summed E-state index contributed by atoms with van der Waals surface area (Å²) in [7, 11) is 3.71. The molecule has 0 bridgehead atoms. The maximum absolute atomic E-state index is 12.4. The van der Waals surface area contributed by atoms with E-state index >= 15 is 0 Å². The summed E-state index contributed by atoms with van der Waals surface area (Å²) in [6.07, 6.45) is 0. The molecule has 0 amide bonds. The van der Waals surface area contributed by atoms with Crippen LogP contribution in [0.3, 0.4) is 0 Å². The molecule has 100 valence electrons. The van der Waals surface area contributed by atoms with E-state index in [1.54, 1.807) is 11.6 Å². The van der Waals surface area contributed by atoms with Crippen LogP contribution < -0.4 is 5.56 Å². The number of fused-ring (bicyclic) bond motifs is 2. The summed E-state index contributed by atoms with van der Waals surface area (Å²) in [4.78, 5) is 23.2. The zero-order valence-corrected chi connectivity index (χ0v) is 11.6. The number of rotatable bonds is 0. The van der Waals surface area contributed by atoms with Crippen molar-refractivity contribution in [2.24, 2.45) is 4.99 Å². The molecule has 0 atom stereocenters. The third-order valence-electron chi connectivity index (χ3n) is 3.32. The Kier molecular flexibility index (Phi) is 3.57. The average molecular weight is 279 g/mol. The quantitative estimate of drug-likeness (QED) is 0.730. The fourth-order valence-electron chi connectivity index (χ4n) is 2.30. The van der Waals surface area contributed by atoms with Crippen molar-refractivity contribution in [3.8, 4) is 0 Å². The highest BCUT2D eigenvalue weighted by Crippen LogP contribution is 2.13. The van der Waals surface area contributed by atoms with Crippen molar-refractivity contribution in [1.29, 1.82) is 0 Å². The number of halogens is 1. The standard InChI is InChI=1S/C13H14N4O.ClH/c1-14-11-8-17-12(7-16(11)2)15-10-6-4-3-5-9(10)13(17)18;/h3-6H,7-8H2,1-2H3;1H. The molecular weight excluding hydrogens is 264 g/mol. The van der Waals surface area contributed by atoms with Gasteiger partial charge in [0.05, 0.1) is 24.0 Å². The minimum atomic E-state index is 0. The molecule has 0 spiro atoms. The minimum absolute atomic E-state index is 0. The maximum Gasteiger partial charge on any atom is 0.261 e. The normalized spacial score (nSPS) is 16.3. The summed E-state index contributed by atoms with van der Waals surface area (Å²) in [5.74, 6) is 1.70. The lowest BCUT2D eigenvalue weighted by atomic mass is 10.2. The van der Waals surface area contributed by atoms with Gasteiger partial charge >= 0.3 is 0 Å². The van der Waals surface area contributed by atoms with Gasteiger partial charge in [-0.25, -0.2) is 4.98 Å². The Morgan fingerprint density at radius 2 is 2.00 bits per heavy atom. The Morgan fingerprint density at radius 1 is 1.26 bits per heavy atom. The molecule has 3 rings (SSSR count). The molecule has 5 nitrogen and oxygen atoms in total.